The summed E-state index contributed by atoms with van der Waals surface area (Å²) in [5, 5.41) is 9.97. The number of para-hydroxylation sites is 1. The van der Waals surface area contributed by atoms with Gasteiger partial charge in [-0.1, -0.05) is 12.1 Å². The molecule has 0 aliphatic carbocycles. The minimum Gasteiger partial charge on any atom is -0.493 e. The molecule has 4 nitrogen and oxygen atoms in total. The fourth-order valence-electron chi connectivity index (χ4n) is 1.77. The van der Waals surface area contributed by atoms with Crippen molar-refractivity contribution in [2.45, 2.75) is 18.6 Å². The zero-order valence-corrected chi connectivity index (χ0v) is 8.64. The molecule has 15 heavy (non-hydrogen) atoms. The number of aliphatic hydroxyl groups excluding tert-OH is 1. The Bertz CT molecular complexity index is 354. The number of ether oxygens (including phenoxy) is 2. The minimum atomic E-state index is -0.683. The van der Waals surface area contributed by atoms with Crippen LogP contribution in [-0.2, 0) is 0 Å². The Hall–Kier alpha value is -1.26. The van der Waals surface area contributed by atoms with Crippen LogP contribution in [0.4, 0.5) is 0 Å². The molecule has 4 heteroatoms. The van der Waals surface area contributed by atoms with Crippen LogP contribution in [0.2, 0.25) is 0 Å². The number of rotatable bonds is 1. The van der Waals surface area contributed by atoms with Crippen LogP contribution in [0, 0.1) is 0 Å². The maximum Gasteiger partial charge on any atom is 0.166 e. The van der Waals surface area contributed by atoms with Crippen molar-refractivity contribution in [3.63, 3.8) is 0 Å². The van der Waals surface area contributed by atoms with Gasteiger partial charge in [0.05, 0.1) is 19.8 Å². The van der Waals surface area contributed by atoms with Crippen molar-refractivity contribution in [2.24, 2.45) is 5.73 Å². The van der Waals surface area contributed by atoms with Gasteiger partial charge in [-0.2, -0.15) is 0 Å². The predicted molar refractivity (Wildman–Crippen MR) is 56.0 cm³/mol. The van der Waals surface area contributed by atoms with E-state index in [0.717, 1.165) is 0 Å². The average Bonchev–Trinajstić information content (AvgIpc) is 2.40. The summed E-state index contributed by atoms with van der Waals surface area (Å²) in [6, 6.07) is 5.16. The first-order chi connectivity index (χ1) is 7.24. The monoisotopic (exact) mass is 209 g/mol. The molecule has 1 aromatic carbocycles. The molecule has 82 valence electrons. The number of nitrogens with two attached hydrogens (primary N) is 1. The highest BCUT2D eigenvalue weighted by atomic mass is 16.5. The largest absolute Gasteiger partial charge is 0.493 e. The molecule has 1 aromatic rings. The summed E-state index contributed by atoms with van der Waals surface area (Å²) in [6.45, 7) is 0.506. The van der Waals surface area contributed by atoms with Crippen LogP contribution < -0.4 is 15.2 Å². The zero-order chi connectivity index (χ0) is 10.8. The smallest absolute Gasteiger partial charge is 0.166 e. The second-order valence-corrected chi connectivity index (χ2v) is 3.62. The van der Waals surface area contributed by atoms with Crippen molar-refractivity contribution in [3.05, 3.63) is 23.8 Å². The van der Waals surface area contributed by atoms with E-state index in [1.165, 1.54) is 0 Å². The third-order valence-electron chi connectivity index (χ3n) is 2.65. The van der Waals surface area contributed by atoms with Crippen LogP contribution in [0.5, 0.6) is 11.5 Å². The number of hydrogen-bond acceptors (Lipinski definition) is 4. The van der Waals surface area contributed by atoms with Gasteiger partial charge >= 0.3 is 0 Å². The quantitative estimate of drug-likeness (QED) is 0.719. The van der Waals surface area contributed by atoms with Crippen LogP contribution in [0.15, 0.2) is 18.2 Å². The van der Waals surface area contributed by atoms with Crippen molar-refractivity contribution < 1.29 is 14.6 Å². The van der Waals surface area contributed by atoms with E-state index in [1.54, 1.807) is 7.11 Å². The highest BCUT2D eigenvalue weighted by Gasteiger charge is 2.26. The summed E-state index contributed by atoms with van der Waals surface area (Å²) in [7, 11) is 1.58. The van der Waals surface area contributed by atoms with Crippen molar-refractivity contribution in [1.82, 2.24) is 0 Å². The van der Waals surface area contributed by atoms with Gasteiger partial charge in [-0.15, -0.1) is 0 Å². The molecule has 0 radical (unpaired) electrons. The summed E-state index contributed by atoms with van der Waals surface area (Å²) < 4.78 is 10.7. The maximum absolute atomic E-state index is 9.97. The van der Waals surface area contributed by atoms with E-state index in [4.69, 9.17) is 15.2 Å². The highest BCUT2D eigenvalue weighted by Crippen LogP contribution is 2.37. The topological polar surface area (TPSA) is 64.7 Å². The lowest BCUT2D eigenvalue weighted by Crippen LogP contribution is -2.28. The molecule has 0 aromatic heterocycles. The summed E-state index contributed by atoms with van der Waals surface area (Å²) in [5.74, 6) is 1.25. The Balaban J connectivity index is 2.47. The van der Waals surface area contributed by atoms with E-state index in [2.05, 4.69) is 0 Å². The molecule has 1 aliphatic rings. The first-order valence-corrected chi connectivity index (χ1v) is 4.97. The van der Waals surface area contributed by atoms with Crippen LogP contribution >= 0.6 is 0 Å². The van der Waals surface area contributed by atoms with Gasteiger partial charge in [0.25, 0.3) is 0 Å². The molecule has 3 N–H and O–H groups in total. The Kier molecular flexibility index (Phi) is 2.79. The van der Waals surface area contributed by atoms with Crippen LogP contribution in [0.25, 0.3) is 0 Å². The summed E-state index contributed by atoms with van der Waals surface area (Å²) >= 11 is 0. The zero-order valence-electron chi connectivity index (χ0n) is 8.64. The Morgan fingerprint density at radius 3 is 3.07 bits per heavy atom. The molecule has 0 saturated carbocycles. The van der Waals surface area contributed by atoms with Gasteiger partial charge in [0.2, 0.25) is 0 Å². The average molecular weight is 209 g/mol. The third-order valence-corrected chi connectivity index (χ3v) is 2.65. The fourth-order valence-corrected chi connectivity index (χ4v) is 1.77. The van der Waals surface area contributed by atoms with Crippen LogP contribution in [-0.4, -0.2) is 24.9 Å². The van der Waals surface area contributed by atoms with Gasteiger partial charge in [0.15, 0.2) is 11.5 Å². The lowest BCUT2D eigenvalue weighted by molar-refractivity contribution is 0.144. The minimum absolute atomic E-state index is 0.279. The molecule has 0 amide bonds. The molecule has 0 spiro atoms. The molecular weight excluding hydrogens is 194 g/mol. The van der Waals surface area contributed by atoms with Crippen molar-refractivity contribution in [1.29, 1.82) is 0 Å². The van der Waals surface area contributed by atoms with Gasteiger partial charge in [-0.25, -0.2) is 0 Å². The molecular formula is C11H15NO3. The van der Waals surface area contributed by atoms with E-state index in [1.807, 2.05) is 18.2 Å². The number of aliphatic hydroxyl groups is 1. The van der Waals surface area contributed by atoms with Gasteiger partial charge in [-0.05, 0) is 12.5 Å². The maximum atomic E-state index is 9.97. The van der Waals surface area contributed by atoms with Crippen LogP contribution in [0.3, 0.4) is 0 Å². The number of fused-ring (bicyclic) bond motifs is 1. The van der Waals surface area contributed by atoms with E-state index in [-0.39, 0.29) is 6.04 Å². The van der Waals surface area contributed by atoms with E-state index in [9.17, 15) is 5.11 Å². The Morgan fingerprint density at radius 1 is 1.53 bits per heavy atom. The Morgan fingerprint density at radius 2 is 2.33 bits per heavy atom. The first-order valence-electron chi connectivity index (χ1n) is 4.97. The van der Waals surface area contributed by atoms with Gasteiger partial charge in [0, 0.05) is 11.6 Å². The summed E-state index contributed by atoms with van der Waals surface area (Å²) in [6.07, 6.45) is -0.0449. The first kappa shape index (κ1) is 10.3. The molecule has 1 aliphatic heterocycles. The van der Waals surface area contributed by atoms with Crippen LogP contribution in [0.1, 0.15) is 18.1 Å². The van der Waals surface area contributed by atoms with Gasteiger partial charge in [0.1, 0.15) is 0 Å². The fraction of sp³-hybridized carbons (Fsp3) is 0.455. The number of hydrogen-bond donors (Lipinski definition) is 2. The SMILES string of the molecule is COc1cccc2c1OCC[C@@H](N)[C@@H]2O. The third kappa shape index (κ3) is 1.78. The standard InChI is InChI=1S/C11H15NO3/c1-14-9-4-2-3-7-10(13)8(12)5-6-15-11(7)9/h2-4,8,10,13H,5-6,12H2,1H3/t8-,10-/m1/s1. The molecule has 0 bridgehead atoms. The molecule has 2 rings (SSSR count). The molecule has 0 saturated heterocycles. The highest BCUT2D eigenvalue weighted by molar-refractivity contribution is 5.48. The lowest BCUT2D eigenvalue weighted by atomic mass is 10.0. The van der Waals surface area contributed by atoms with Gasteiger partial charge < -0.3 is 20.3 Å². The molecule has 0 unspecified atom stereocenters. The van der Waals surface area contributed by atoms with Crippen molar-refractivity contribution in [3.8, 4) is 11.5 Å². The second-order valence-electron chi connectivity index (χ2n) is 3.62. The number of methoxy groups -OCH3 is 1. The summed E-state index contributed by atoms with van der Waals surface area (Å²) in [5.41, 5.74) is 6.52. The van der Waals surface area contributed by atoms with Gasteiger partial charge in [-0.3, -0.25) is 0 Å². The Labute approximate surface area is 88.6 Å². The predicted octanol–water partition coefficient (Wildman–Crippen LogP) is 0.838. The molecule has 1 heterocycles. The summed E-state index contributed by atoms with van der Waals surface area (Å²) in [4.78, 5) is 0. The van der Waals surface area contributed by atoms with E-state index in [0.29, 0.717) is 30.1 Å². The molecule has 2 atom stereocenters. The normalized spacial score (nSPS) is 25.0. The number of benzene rings is 1. The van der Waals surface area contributed by atoms with Crippen molar-refractivity contribution >= 4 is 0 Å². The van der Waals surface area contributed by atoms with E-state index < -0.39 is 6.10 Å². The van der Waals surface area contributed by atoms with E-state index >= 15 is 0 Å². The van der Waals surface area contributed by atoms with Crippen molar-refractivity contribution in [2.75, 3.05) is 13.7 Å². The lowest BCUT2D eigenvalue weighted by Gasteiger charge is -2.16. The second kappa shape index (κ2) is 4.08. The molecule has 0 fully saturated rings.